The predicted octanol–water partition coefficient (Wildman–Crippen LogP) is 4.08. The van der Waals surface area contributed by atoms with E-state index in [1.54, 1.807) is 32.2 Å². The van der Waals surface area contributed by atoms with Crippen molar-refractivity contribution >= 4 is 17.3 Å². The molecule has 1 aliphatic rings. The number of aryl methyl sites for hydroxylation is 1. The van der Waals surface area contributed by atoms with Crippen molar-refractivity contribution in [1.82, 2.24) is 4.98 Å². The Hall–Kier alpha value is -3.06. The summed E-state index contributed by atoms with van der Waals surface area (Å²) in [5.74, 6) is 1.93. The number of hydrogen-bond acceptors (Lipinski definition) is 7. The van der Waals surface area contributed by atoms with Gasteiger partial charge in [0.2, 0.25) is 6.79 Å². The summed E-state index contributed by atoms with van der Waals surface area (Å²) in [4.78, 5) is 17.5. The summed E-state index contributed by atoms with van der Waals surface area (Å²) in [6.45, 7) is 1.96. The van der Waals surface area contributed by atoms with E-state index in [9.17, 15) is 4.79 Å². The molecule has 1 aliphatic heterocycles. The third-order valence-electron chi connectivity index (χ3n) is 3.87. The number of hydrogen-bond donors (Lipinski definition) is 0. The molecule has 0 saturated carbocycles. The molecule has 2 heterocycles. The van der Waals surface area contributed by atoms with Crippen LogP contribution in [0.3, 0.4) is 0 Å². The average molecular weight is 369 g/mol. The highest BCUT2D eigenvalue weighted by Gasteiger charge is 2.20. The van der Waals surface area contributed by atoms with Gasteiger partial charge in [-0.05, 0) is 43.3 Å². The Morgan fingerprint density at radius 3 is 2.58 bits per heavy atom. The smallest absolute Gasteiger partial charge is 0.355 e. The quantitative estimate of drug-likeness (QED) is 0.510. The van der Waals surface area contributed by atoms with Crippen LogP contribution in [0.5, 0.6) is 23.0 Å². The van der Waals surface area contributed by atoms with Crippen molar-refractivity contribution < 1.29 is 23.7 Å². The second kappa shape index (κ2) is 6.68. The van der Waals surface area contributed by atoms with Gasteiger partial charge in [-0.3, -0.25) is 0 Å². The fraction of sp³-hybridized carbons (Fsp3) is 0.158. The molecule has 0 spiro atoms. The van der Waals surface area contributed by atoms with Crippen LogP contribution in [0.1, 0.15) is 15.4 Å². The van der Waals surface area contributed by atoms with Crippen LogP contribution in [-0.4, -0.2) is 24.9 Å². The van der Waals surface area contributed by atoms with Crippen molar-refractivity contribution in [2.75, 3.05) is 13.9 Å². The average Bonchev–Trinajstić information content (AvgIpc) is 3.27. The van der Waals surface area contributed by atoms with Gasteiger partial charge in [0.15, 0.2) is 11.5 Å². The van der Waals surface area contributed by atoms with Gasteiger partial charge in [0.1, 0.15) is 21.4 Å². The van der Waals surface area contributed by atoms with Gasteiger partial charge in [0.05, 0.1) is 12.8 Å². The number of esters is 1. The molecule has 6 nitrogen and oxygen atoms in total. The highest BCUT2D eigenvalue weighted by Crippen LogP contribution is 2.36. The van der Waals surface area contributed by atoms with E-state index in [-0.39, 0.29) is 6.79 Å². The van der Waals surface area contributed by atoms with Gasteiger partial charge in [-0.15, -0.1) is 11.3 Å². The Kier molecular flexibility index (Phi) is 4.22. The molecule has 0 aliphatic carbocycles. The number of fused-ring (bicyclic) bond motifs is 1. The predicted molar refractivity (Wildman–Crippen MR) is 96.4 cm³/mol. The summed E-state index contributed by atoms with van der Waals surface area (Å²) in [6, 6.07) is 12.6. The van der Waals surface area contributed by atoms with Crippen LogP contribution >= 0.6 is 11.3 Å². The van der Waals surface area contributed by atoms with Crippen LogP contribution in [0.25, 0.3) is 10.6 Å². The molecule has 0 atom stereocenters. The zero-order chi connectivity index (χ0) is 18.1. The Bertz CT molecular complexity index is 965. The van der Waals surface area contributed by atoms with E-state index in [0.717, 1.165) is 16.3 Å². The standard InChI is InChI=1S/C19H15NO5S/c1-11-17(26-18(20-11)12-3-5-13(22-2)6-4-12)19(21)25-14-7-8-15-16(9-14)24-10-23-15/h3-9H,10H2,1-2H3. The molecule has 0 unspecified atom stereocenters. The minimum absolute atomic E-state index is 0.173. The Labute approximate surface area is 153 Å². The summed E-state index contributed by atoms with van der Waals surface area (Å²) in [6.07, 6.45) is 0. The SMILES string of the molecule is COc1ccc(-c2nc(C)c(C(=O)Oc3ccc4c(c3)OCO4)s2)cc1. The fourth-order valence-corrected chi connectivity index (χ4v) is 3.48. The molecule has 26 heavy (non-hydrogen) atoms. The van der Waals surface area contributed by atoms with Crippen molar-refractivity contribution in [2.24, 2.45) is 0 Å². The number of aromatic nitrogens is 1. The molecule has 0 radical (unpaired) electrons. The third-order valence-corrected chi connectivity index (χ3v) is 5.06. The number of rotatable bonds is 4. The normalized spacial score (nSPS) is 12.1. The first-order valence-corrected chi connectivity index (χ1v) is 8.69. The zero-order valence-electron chi connectivity index (χ0n) is 14.1. The molecule has 0 N–H and O–H groups in total. The minimum Gasteiger partial charge on any atom is -0.497 e. The number of carbonyl (C=O) groups is 1. The van der Waals surface area contributed by atoms with E-state index in [0.29, 0.717) is 27.8 Å². The fourth-order valence-electron chi connectivity index (χ4n) is 2.54. The minimum atomic E-state index is -0.446. The monoisotopic (exact) mass is 369 g/mol. The molecule has 0 fully saturated rings. The largest absolute Gasteiger partial charge is 0.497 e. The highest BCUT2D eigenvalue weighted by atomic mass is 32.1. The molecular formula is C19H15NO5S. The van der Waals surface area contributed by atoms with E-state index < -0.39 is 5.97 Å². The lowest BCUT2D eigenvalue weighted by molar-refractivity contribution is 0.0738. The van der Waals surface area contributed by atoms with Crippen molar-refractivity contribution in [1.29, 1.82) is 0 Å². The number of carbonyl (C=O) groups excluding carboxylic acids is 1. The summed E-state index contributed by atoms with van der Waals surface area (Å²) < 4.78 is 21.2. The maximum Gasteiger partial charge on any atom is 0.355 e. The Morgan fingerprint density at radius 1 is 1.08 bits per heavy atom. The summed E-state index contributed by atoms with van der Waals surface area (Å²) in [5, 5.41) is 0.753. The third kappa shape index (κ3) is 3.09. The zero-order valence-corrected chi connectivity index (χ0v) is 15.0. The molecule has 0 amide bonds. The lowest BCUT2D eigenvalue weighted by Gasteiger charge is -2.04. The molecule has 0 saturated heterocycles. The maximum absolute atomic E-state index is 12.5. The van der Waals surface area contributed by atoms with Crippen LogP contribution in [0.2, 0.25) is 0 Å². The van der Waals surface area contributed by atoms with Crippen LogP contribution in [0.4, 0.5) is 0 Å². The van der Waals surface area contributed by atoms with Crippen molar-refractivity contribution in [3.8, 4) is 33.6 Å². The number of benzene rings is 2. The number of methoxy groups -OCH3 is 1. The second-order valence-electron chi connectivity index (χ2n) is 5.57. The second-order valence-corrected chi connectivity index (χ2v) is 6.57. The molecule has 7 heteroatoms. The van der Waals surface area contributed by atoms with Gasteiger partial charge >= 0.3 is 5.97 Å². The Balaban J connectivity index is 1.55. The van der Waals surface area contributed by atoms with Gasteiger partial charge in [-0.25, -0.2) is 9.78 Å². The first kappa shape index (κ1) is 16.4. The first-order chi connectivity index (χ1) is 12.6. The van der Waals surface area contributed by atoms with E-state index in [1.165, 1.54) is 11.3 Å². The van der Waals surface area contributed by atoms with Gasteiger partial charge in [-0.1, -0.05) is 0 Å². The van der Waals surface area contributed by atoms with Crippen molar-refractivity contribution in [3.05, 3.63) is 53.0 Å². The van der Waals surface area contributed by atoms with E-state index in [4.69, 9.17) is 18.9 Å². The molecule has 132 valence electrons. The molecule has 4 rings (SSSR count). The lowest BCUT2D eigenvalue weighted by Crippen LogP contribution is -2.07. The molecule has 3 aromatic rings. The maximum atomic E-state index is 12.5. The number of thiazole rings is 1. The topological polar surface area (TPSA) is 66.9 Å². The van der Waals surface area contributed by atoms with E-state index >= 15 is 0 Å². The van der Waals surface area contributed by atoms with E-state index in [2.05, 4.69) is 4.98 Å². The molecule has 1 aromatic heterocycles. The molecule has 2 aromatic carbocycles. The first-order valence-electron chi connectivity index (χ1n) is 7.88. The number of nitrogens with zero attached hydrogens (tertiary/aromatic N) is 1. The van der Waals surface area contributed by atoms with E-state index in [1.807, 2.05) is 24.3 Å². The van der Waals surface area contributed by atoms with Crippen LogP contribution < -0.4 is 18.9 Å². The van der Waals surface area contributed by atoms with Gasteiger partial charge in [0.25, 0.3) is 0 Å². The summed E-state index contributed by atoms with van der Waals surface area (Å²) in [5.41, 5.74) is 1.55. The van der Waals surface area contributed by atoms with Gasteiger partial charge < -0.3 is 18.9 Å². The summed E-state index contributed by atoms with van der Waals surface area (Å²) in [7, 11) is 1.62. The Morgan fingerprint density at radius 2 is 1.81 bits per heavy atom. The molecule has 0 bridgehead atoms. The lowest BCUT2D eigenvalue weighted by atomic mass is 10.2. The van der Waals surface area contributed by atoms with Crippen LogP contribution in [-0.2, 0) is 0 Å². The van der Waals surface area contributed by atoms with Crippen molar-refractivity contribution in [3.63, 3.8) is 0 Å². The van der Waals surface area contributed by atoms with Crippen molar-refractivity contribution in [2.45, 2.75) is 6.92 Å². The van der Waals surface area contributed by atoms with Gasteiger partial charge in [-0.2, -0.15) is 0 Å². The van der Waals surface area contributed by atoms with Crippen LogP contribution in [0.15, 0.2) is 42.5 Å². The van der Waals surface area contributed by atoms with Gasteiger partial charge in [0, 0.05) is 11.6 Å². The number of ether oxygens (including phenoxy) is 4. The highest BCUT2D eigenvalue weighted by molar-refractivity contribution is 7.17. The van der Waals surface area contributed by atoms with Crippen LogP contribution in [0, 0.1) is 6.92 Å². The molecular weight excluding hydrogens is 354 g/mol. The summed E-state index contributed by atoms with van der Waals surface area (Å²) >= 11 is 1.30.